The van der Waals surface area contributed by atoms with Gasteiger partial charge < -0.3 is 10.1 Å². The number of nitrogens with zero attached hydrogens (tertiary/aromatic N) is 4. The maximum Gasteiger partial charge on any atom is 0.416 e. The Bertz CT molecular complexity index is 1010. The number of hydrogen-bond acceptors (Lipinski definition) is 7. The molecule has 1 aliphatic rings. The van der Waals surface area contributed by atoms with E-state index in [2.05, 4.69) is 20.3 Å². The van der Waals surface area contributed by atoms with E-state index in [4.69, 9.17) is 9.57 Å². The van der Waals surface area contributed by atoms with Crippen LogP contribution in [0.4, 0.5) is 30.5 Å². The molecule has 3 heterocycles. The van der Waals surface area contributed by atoms with Gasteiger partial charge in [-0.15, -0.1) is 0 Å². The first kappa shape index (κ1) is 19.9. The number of aromatic nitrogens is 3. The van der Waals surface area contributed by atoms with Crippen LogP contribution in [0.5, 0.6) is 5.88 Å². The third-order valence-electron chi connectivity index (χ3n) is 4.60. The van der Waals surface area contributed by atoms with Crippen molar-refractivity contribution in [1.29, 1.82) is 0 Å². The summed E-state index contributed by atoms with van der Waals surface area (Å²) < 4.78 is 44.3. The summed E-state index contributed by atoms with van der Waals surface area (Å²) >= 11 is 0. The number of halogens is 3. The van der Waals surface area contributed by atoms with E-state index in [1.54, 1.807) is 30.5 Å². The molecule has 7 nitrogen and oxygen atoms in total. The third-order valence-corrected chi connectivity index (χ3v) is 4.60. The first-order chi connectivity index (χ1) is 14.4. The van der Waals surface area contributed by atoms with Crippen LogP contribution < -0.4 is 15.1 Å². The Morgan fingerprint density at radius 1 is 1.13 bits per heavy atom. The van der Waals surface area contributed by atoms with Crippen LogP contribution in [0.25, 0.3) is 0 Å². The molecule has 0 amide bonds. The van der Waals surface area contributed by atoms with Gasteiger partial charge in [0.2, 0.25) is 5.88 Å². The average Bonchev–Trinajstić information content (AvgIpc) is 3.24. The summed E-state index contributed by atoms with van der Waals surface area (Å²) in [7, 11) is 1.53. The zero-order valence-electron chi connectivity index (χ0n) is 15.9. The molecule has 156 valence electrons. The average molecular weight is 417 g/mol. The minimum atomic E-state index is -4.40. The van der Waals surface area contributed by atoms with Gasteiger partial charge in [-0.25, -0.2) is 20.0 Å². The van der Waals surface area contributed by atoms with Crippen molar-refractivity contribution >= 4 is 17.3 Å². The van der Waals surface area contributed by atoms with Crippen molar-refractivity contribution < 1.29 is 22.7 Å². The van der Waals surface area contributed by atoms with E-state index < -0.39 is 17.8 Å². The van der Waals surface area contributed by atoms with Crippen LogP contribution in [0.3, 0.4) is 0 Å². The number of rotatable bonds is 5. The summed E-state index contributed by atoms with van der Waals surface area (Å²) in [5.41, 5.74) is 0.510. The maximum atomic E-state index is 13.1. The Morgan fingerprint density at radius 2 is 2.00 bits per heavy atom. The second-order valence-corrected chi connectivity index (χ2v) is 6.56. The third kappa shape index (κ3) is 4.28. The van der Waals surface area contributed by atoms with Crippen LogP contribution in [0.2, 0.25) is 0 Å². The van der Waals surface area contributed by atoms with Crippen LogP contribution in [-0.4, -0.2) is 28.7 Å². The number of nitrogens with one attached hydrogen (secondary N) is 1. The van der Waals surface area contributed by atoms with E-state index >= 15 is 0 Å². The quantitative estimate of drug-likeness (QED) is 0.654. The van der Waals surface area contributed by atoms with Crippen LogP contribution in [-0.2, 0) is 11.0 Å². The molecule has 0 bridgehead atoms. The smallest absolute Gasteiger partial charge is 0.416 e. The molecule has 1 aliphatic heterocycles. The Balaban J connectivity index is 1.56. The van der Waals surface area contributed by atoms with Crippen molar-refractivity contribution in [3.63, 3.8) is 0 Å². The topological polar surface area (TPSA) is 72.4 Å². The molecule has 1 fully saturated rings. The van der Waals surface area contributed by atoms with Crippen molar-refractivity contribution in [3.05, 3.63) is 66.1 Å². The largest absolute Gasteiger partial charge is 0.481 e. The Morgan fingerprint density at radius 3 is 2.73 bits per heavy atom. The number of hydrogen-bond donors (Lipinski definition) is 1. The van der Waals surface area contributed by atoms with Gasteiger partial charge >= 0.3 is 6.18 Å². The van der Waals surface area contributed by atoms with Crippen LogP contribution in [0, 0.1) is 0 Å². The highest BCUT2D eigenvalue weighted by atomic mass is 19.4. The van der Waals surface area contributed by atoms with Crippen molar-refractivity contribution in [1.82, 2.24) is 15.0 Å². The van der Waals surface area contributed by atoms with E-state index in [0.29, 0.717) is 41.8 Å². The normalized spacial score (nSPS) is 16.5. The summed E-state index contributed by atoms with van der Waals surface area (Å²) in [5, 5.41) is 4.62. The van der Waals surface area contributed by atoms with E-state index in [-0.39, 0.29) is 0 Å². The van der Waals surface area contributed by atoms with Crippen LogP contribution in [0.15, 0.2) is 55.0 Å². The molecule has 4 rings (SSSR count). The minimum absolute atomic E-state index is 0.371. The predicted molar refractivity (Wildman–Crippen MR) is 103 cm³/mol. The number of alkyl halides is 3. The highest BCUT2D eigenvalue weighted by Crippen LogP contribution is 2.37. The molecule has 1 saturated heterocycles. The SMILES string of the molecule is COc1ccc(Nc2cc(N3OCC[C@@H]3c3cccc(C(F)(F)F)c3)ncn2)cn1. The lowest BCUT2D eigenvalue weighted by atomic mass is 10.0. The van der Waals surface area contributed by atoms with Gasteiger partial charge in [0.25, 0.3) is 0 Å². The molecular formula is C20H18F3N5O2. The van der Waals surface area contributed by atoms with Gasteiger partial charge in [-0.05, 0) is 23.8 Å². The number of pyridine rings is 1. The van der Waals surface area contributed by atoms with Gasteiger partial charge in [-0.3, -0.25) is 4.84 Å². The summed E-state index contributed by atoms with van der Waals surface area (Å²) in [4.78, 5) is 18.2. The summed E-state index contributed by atoms with van der Waals surface area (Å²) in [5.74, 6) is 1.41. The molecule has 1 atom stereocenters. The lowest BCUT2D eigenvalue weighted by Crippen LogP contribution is -2.23. The molecule has 3 aromatic rings. The molecule has 1 aromatic carbocycles. The molecular weight excluding hydrogens is 399 g/mol. The summed E-state index contributed by atoms with van der Waals surface area (Å²) in [6.07, 6.45) is -0.910. The zero-order chi connectivity index (χ0) is 21.1. The first-order valence-electron chi connectivity index (χ1n) is 9.12. The van der Waals surface area contributed by atoms with Gasteiger partial charge in [0.05, 0.1) is 37.2 Å². The van der Waals surface area contributed by atoms with Gasteiger partial charge in [-0.1, -0.05) is 12.1 Å². The number of methoxy groups -OCH3 is 1. The second kappa shape index (κ2) is 8.15. The molecule has 0 spiro atoms. The highest BCUT2D eigenvalue weighted by molar-refractivity contribution is 5.58. The molecule has 0 saturated carbocycles. The fraction of sp³-hybridized carbons (Fsp3) is 0.250. The standard InChI is InChI=1S/C20H18F3N5O2/c1-29-19-6-5-15(11-24-19)27-17-10-18(26-12-25-17)28-16(7-8-30-28)13-3-2-4-14(9-13)20(21,22)23/h2-6,9-12,16H,7-8H2,1H3,(H,25,26,27)/t16-/m1/s1. The maximum absolute atomic E-state index is 13.1. The number of benzene rings is 1. The van der Waals surface area contributed by atoms with Gasteiger partial charge in [-0.2, -0.15) is 13.2 Å². The monoisotopic (exact) mass is 417 g/mol. The fourth-order valence-electron chi connectivity index (χ4n) is 3.18. The number of ether oxygens (including phenoxy) is 1. The lowest BCUT2D eigenvalue weighted by molar-refractivity contribution is -0.137. The van der Waals surface area contributed by atoms with Crippen LogP contribution >= 0.6 is 0 Å². The Hall–Kier alpha value is -3.40. The Labute approximate surface area is 170 Å². The fourth-order valence-corrected chi connectivity index (χ4v) is 3.18. The molecule has 1 N–H and O–H groups in total. The predicted octanol–water partition coefficient (Wildman–Crippen LogP) is 4.53. The van der Waals surface area contributed by atoms with Gasteiger partial charge in [0, 0.05) is 18.6 Å². The molecule has 2 aromatic heterocycles. The second-order valence-electron chi connectivity index (χ2n) is 6.56. The summed E-state index contributed by atoms with van der Waals surface area (Å²) in [6, 6.07) is 10.0. The highest BCUT2D eigenvalue weighted by Gasteiger charge is 2.34. The van der Waals surface area contributed by atoms with Crippen molar-refractivity contribution in [2.75, 3.05) is 24.1 Å². The zero-order valence-corrected chi connectivity index (χ0v) is 15.9. The van der Waals surface area contributed by atoms with E-state index in [1.807, 2.05) is 0 Å². The van der Waals surface area contributed by atoms with Crippen LogP contribution in [0.1, 0.15) is 23.6 Å². The Kier molecular flexibility index (Phi) is 5.40. The minimum Gasteiger partial charge on any atom is -0.481 e. The van der Waals surface area contributed by atoms with Gasteiger partial charge in [0.15, 0.2) is 5.82 Å². The molecule has 0 radical (unpaired) electrons. The number of hydroxylamine groups is 1. The molecule has 30 heavy (non-hydrogen) atoms. The first-order valence-corrected chi connectivity index (χ1v) is 9.12. The molecule has 0 aliphatic carbocycles. The van der Waals surface area contributed by atoms with Gasteiger partial charge in [0.1, 0.15) is 12.1 Å². The van der Waals surface area contributed by atoms with Crippen molar-refractivity contribution in [2.24, 2.45) is 0 Å². The van der Waals surface area contributed by atoms with Crippen molar-refractivity contribution in [2.45, 2.75) is 18.6 Å². The lowest BCUT2D eigenvalue weighted by Gasteiger charge is -2.24. The van der Waals surface area contributed by atoms with Crippen molar-refractivity contribution in [3.8, 4) is 5.88 Å². The molecule has 10 heteroatoms. The molecule has 0 unspecified atom stereocenters. The van der Waals surface area contributed by atoms with E-state index in [0.717, 1.165) is 12.1 Å². The van der Waals surface area contributed by atoms with E-state index in [1.165, 1.54) is 24.6 Å². The van der Waals surface area contributed by atoms with E-state index in [9.17, 15) is 13.2 Å². The number of anilines is 3. The summed E-state index contributed by atoms with van der Waals surface area (Å²) in [6.45, 7) is 0.371.